The van der Waals surface area contributed by atoms with Crippen molar-refractivity contribution in [1.29, 1.82) is 0 Å². The Labute approximate surface area is 423 Å². The van der Waals surface area contributed by atoms with Crippen LogP contribution in [0.15, 0.2) is 182 Å². The Bertz CT molecular complexity index is 4230. The van der Waals surface area contributed by atoms with Crippen molar-refractivity contribution < 1.29 is 41.3 Å². The summed E-state index contributed by atoms with van der Waals surface area (Å²) in [6, 6.07) is 44.8. The van der Waals surface area contributed by atoms with E-state index < -0.39 is 36.3 Å². The van der Waals surface area contributed by atoms with Crippen molar-refractivity contribution in [3.8, 4) is 73.2 Å². The summed E-state index contributed by atoms with van der Waals surface area (Å²) in [5.74, 6) is 1.62. The molecule has 3 aromatic heterocycles. The standard InChI is InChI=1S/C62H48N4O.Pt/c1-61(2,3)41-30-28-40(29-31-41)46-23-14-24-53-49-20-9-7-18-47(49)48-19-8-10-21-50(48)54-25-15-27-56-60(54)65(59(46)53)39-64(56)43-16-13-17-44(37-43)67-45-32-33-52-51-22-11-12-26-55(51)66(57(52)38-45)58-36-42(34-35-63-58)62(4,5)6;/h7-36H,1-6H3;/q-2;/i7D,8D,9D,10D,18D,19D,20D,21D;. The number of imidazole rings is 1. The minimum atomic E-state index is -0.524. The minimum absolute atomic E-state index is 0. The summed E-state index contributed by atoms with van der Waals surface area (Å²) in [7, 11) is 0. The van der Waals surface area contributed by atoms with E-state index in [1.807, 2.05) is 100 Å². The zero-order chi connectivity index (χ0) is 52.6. The summed E-state index contributed by atoms with van der Waals surface area (Å²) in [6.07, 6.45) is 5.49. The van der Waals surface area contributed by atoms with Gasteiger partial charge in [0.15, 0.2) is 0 Å². The van der Waals surface area contributed by atoms with Gasteiger partial charge >= 0.3 is 0 Å². The maximum Gasteiger partial charge on any atom is 0.268 e. The maximum atomic E-state index is 9.60. The molecule has 0 radical (unpaired) electrons. The molecule has 0 aliphatic carbocycles. The third kappa shape index (κ3) is 7.20. The molecule has 0 saturated carbocycles. The SMILES string of the molecule is [2H]c1c([2H])c([2H])c2c(c1[2H])-c1cccc(-c3ccc(C(C)(C)C)cc3)c1-[n+]1[c-]n(-c3[c-]c(Oc4[c-]c5c(cc4)c4ccccc4n5-c4cc(C(C)(C)C)ccn4)ccc3)c3cccc(c31)-c1c([2H])c([2H])c([2H])c([2H])c1-2.[Pt]. The van der Waals surface area contributed by atoms with Crippen LogP contribution >= 0.6 is 0 Å². The van der Waals surface area contributed by atoms with Gasteiger partial charge in [0, 0.05) is 44.3 Å². The van der Waals surface area contributed by atoms with E-state index in [1.165, 1.54) is 0 Å². The number of para-hydroxylation sites is 3. The molecule has 1 aliphatic heterocycles. The van der Waals surface area contributed by atoms with Crippen LogP contribution in [0.1, 0.15) is 63.6 Å². The van der Waals surface area contributed by atoms with E-state index in [2.05, 4.69) is 94.9 Å². The van der Waals surface area contributed by atoms with E-state index >= 15 is 0 Å². The summed E-state index contributed by atoms with van der Waals surface area (Å²) < 4.78 is 86.5. The second-order valence-electron chi connectivity index (χ2n) is 19.1. The molecule has 0 saturated heterocycles. The Morgan fingerprint density at radius 2 is 1.18 bits per heavy atom. The Balaban J connectivity index is 0.00000616. The van der Waals surface area contributed by atoms with Crippen molar-refractivity contribution in [2.24, 2.45) is 0 Å². The number of aromatic nitrogens is 4. The second kappa shape index (κ2) is 16.5. The van der Waals surface area contributed by atoms with Crippen LogP contribution in [0.3, 0.4) is 0 Å². The topological polar surface area (TPSA) is 35.9 Å². The third-order valence-corrected chi connectivity index (χ3v) is 12.8. The van der Waals surface area contributed by atoms with Crippen LogP contribution < -0.4 is 9.30 Å². The quantitative estimate of drug-likeness (QED) is 0.127. The molecule has 11 aromatic rings. The Hall–Kier alpha value is -7.33. The number of nitrogens with zero attached hydrogens (tertiary/aromatic N) is 4. The third-order valence-electron chi connectivity index (χ3n) is 12.8. The molecule has 0 spiro atoms. The smallest absolute Gasteiger partial charge is 0.268 e. The number of fused-ring (bicyclic) bond motifs is 10. The molecule has 0 N–H and O–H groups in total. The largest absolute Gasteiger partial charge is 0.510 e. The molecule has 6 heteroatoms. The minimum Gasteiger partial charge on any atom is -0.510 e. The van der Waals surface area contributed by atoms with Gasteiger partial charge in [0.25, 0.3) is 6.33 Å². The van der Waals surface area contributed by atoms with Crippen LogP contribution in [0.25, 0.3) is 94.5 Å². The van der Waals surface area contributed by atoms with Gasteiger partial charge in [-0.1, -0.05) is 174 Å². The Morgan fingerprint density at radius 3 is 1.91 bits per heavy atom. The molecule has 334 valence electrons. The van der Waals surface area contributed by atoms with Crippen LogP contribution in [0.4, 0.5) is 0 Å². The van der Waals surface area contributed by atoms with Gasteiger partial charge in [-0.3, -0.25) is 4.57 Å². The molecular weight excluding hydrogens is 1010 g/mol. The normalized spacial score (nSPS) is 13.8. The molecule has 4 heterocycles. The van der Waals surface area contributed by atoms with E-state index in [0.29, 0.717) is 45.0 Å². The fraction of sp³-hybridized carbons (Fsp3) is 0.129. The first-order chi connectivity index (χ1) is 35.8. The molecule has 0 bridgehead atoms. The molecule has 12 rings (SSSR count). The summed E-state index contributed by atoms with van der Waals surface area (Å²) in [5, 5.41) is 2.05. The van der Waals surface area contributed by atoms with Crippen molar-refractivity contribution in [1.82, 2.24) is 14.1 Å². The van der Waals surface area contributed by atoms with Crippen LogP contribution in [0, 0.1) is 18.5 Å². The number of hydrogen-bond donors (Lipinski definition) is 0. The van der Waals surface area contributed by atoms with Gasteiger partial charge in [0.2, 0.25) is 0 Å². The molecule has 5 nitrogen and oxygen atoms in total. The van der Waals surface area contributed by atoms with Crippen molar-refractivity contribution >= 4 is 32.8 Å². The molecule has 8 aromatic carbocycles. The number of ether oxygens (including phenoxy) is 1. The predicted octanol–water partition coefficient (Wildman–Crippen LogP) is 15.2. The van der Waals surface area contributed by atoms with E-state index in [0.717, 1.165) is 49.9 Å². The first-order valence-corrected chi connectivity index (χ1v) is 22.4. The average molecular weight is 1070 g/mol. The molecule has 0 unspecified atom stereocenters. The maximum absolute atomic E-state index is 9.60. The zero-order valence-electron chi connectivity index (χ0n) is 46.2. The van der Waals surface area contributed by atoms with Gasteiger partial charge < -0.3 is 13.9 Å². The molecule has 1 aliphatic rings. The first-order valence-electron chi connectivity index (χ1n) is 26.4. The number of pyridine rings is 1. The summed E-state index contributed by atoms with van der Waals surface area (Å²) in [5.41, 5.74) is 8.50. The summed E-state index contributed by atoms with van der Waals surface area (Å²) in [4.78, 5) is 4.84. The first kappa shape index (κ1) is 34.9. The van der Waals surface area contributed by atoms with Crippen LogP contribution in [0.2, 0.25) is 0 Å². The van der Waals surface area contributed by atoms with Crippen molar-refractivity contribution in [2.75, 3.05) is 0 Å². The van der Waals surface area contributed by atoms with Gasteiger partial charge in [0.1, 0.15) is 5.82 Å². The van der Waals surface area contributed by atoms with Crippen molar-refractivity contribution in [2.45, 2.75) is 52.4 Å². The Kier molecular flexibility index (Phi) is 8.45. The molecule has 0 amide bonds. The van der Waals surface area contributed by atoms with Crippen LogP contribution in [0.5, 0.6) is 11.5 Å². The van der Waals surface area contributed by atoms with Gasteiger partial charge in [-0.25, -0.2) is 4.98 Å². The van der Waals surface area contributed by atoms with Gasteiger partial charge in [-0.05, 0) is 95.7 Å². The number of benzene rings is 8. The monoisotopic (exact) mass is 1070 g/mol. The van der Waals surface area contributed by atoms with E-state index in [9.17, 15) is 5.48 Å². The van der Waals surface area contributed by atoms with Crippen molar-refractivity contribution in [3.63, 3.8) is 0 Å². The van der Waals surface area contributed by atoms with Crippen LogP contribution in [-0.4, -0.2) is 14.1 Å². The summed E-state index contributed by atoms with van der Waals surface area (Å²) >= 11 is 0. The number of rotatable bonds is 5. The zero-order valence-corrected chi connectivity index (χ0v) is 40.5. The van der Waals surface area contributed by atoms with E-state index in [-0.39, 0.29) is 66.2 Å². The van der Waals surface area contributed by atoms with Crippen LogP contribution in [-0.2, 0) is 31.9 Å². The van der Waals surface area contributed by atoms with Gasteiger partial charge in [-0.15, -0.1) is 29.7 Å². The van der Waals surface area contributed by atoms with E-state index in [1.54, 1.807) is 12.1 Å². The Morgan fingerprint density at radius 1 is 0.559 bits per heavy atom. The van der Waals surface area contributed by atoms with Gasteiger partial charge in [-0.2, -0.15) is 18.2 Å². The van der Waals surface area contributed by atoms with E-state index in [4.69, 9.17) is 15.2 Å². The molecule has 0 atom stereocenters. The van der Waals surface area contributed by atoms with Gasteiger partial charge in [0.05, 0.1) is 27.7 Å². The number of hydrogen-bond acceptors (Lipinski definition) is 2. The molecular formula is C62H48N4OPt-2. The molecule has 68 heavy (non-hydrogen) atoms. The molecule has 0 fully saturated rings. The fourth-order valence-electron chi connectivity index (χ4n) is 9.39. The fourth-order valence-corrected chi connectivity index (χ4v) is 9.39. The second-order valence-corrected chi connectivity index (χ2v) is 19.1. The predicted molar refractivity (Wildman–Crippen MR) is 273 cm³/mol. The summed E-state index contributed by atoms with van der Waals surface area (Å²) in [6.45, 7) is 13.0. The average Bonchev–Trinajstić information content (AvgIpc) is 3.96. The van der Waals surface area contributed by atoms with Crippen molar-refractivity contribution in [3.05, 3.63) is 212 Å².